The van der Waals surface area contributed by atoms with E-state index in [0.29, 0.717) is 6.42 Å². The highest BCUT2D eigenvalue weighted by Crippen LogP contribution is 2.44. The fraction of sp³-hybridized carbons (Fsp3) is 0.308. The van der Waals surface area contributed by atoms with E-state index in [1.807, 2.05) is 6.20 Å². The molecule has 0 radical (unpaired) electrons. The van der Waals surface area contributed by atoms with Crippen molar-refractivity contribution in [2.45, 2.75) is 51.2 Å². The van der Waals surface area contributed by atoms with Gasteiger partial charge < -0.3 is 24.2 Å². The second kappa shape index (κ2) is 5.95. The molecule has 6 rings (SSSR count). The highest BCUT2D eigenvalue weighted by molar-refractivity contribution is 6.02. The average Bonchev–Trinajstić information content (AvgIpc) is 3.49. The van der Waals surface area contributed by atoms with Crippen molar-refractivity contribution in [3.05, 3.63) is 65.7 Å². The summed E-state index contributed by atoms with van der Waals surface area (Å²) >= 11 is 0. The highest BCUT2D eigenvalue weighted by Gasteiger charge is 2.37. The number of rotatable bonds is 3. The molecule has 31 heavy (non-hydrogen) atoms. The van der Waals surface area contributed by atoms with Gasteiger partial charge >= 0.3 is 0 Å². The molecule has 3 aromatic heterocycles. The smallest absolute Gasteiger partial charge is 0.158 e. The van der Waals surface area contributed by atoms with Gasteiger partial charge in [-0.1, -0.05) is 24.3 Å². The monoisotopic (exact) mass is 414 g/mol. The zero-order valence-electron chi connectivity index (χ0n) is 18.2. The molecule has 2 aromatic carbocycles. The Bertz CT molecular complexity index is 1460. The van der Waals surface area contributed by atoms with Gasteiger partial charge in [-0.15, -0.1) is 0 Å². The van der Waals surface area contributed by atoms with Gasteiger partial charge in [0, 0.05) is 46.0 Å². The van der Waals surface area contributed by atoms with E-state index in [1.54, 1.807) is 13.8 Å². The van der Waals surface area contributed by atoms with E-state index < -0.39 is 5.60 Å². The maximum Gasteiger partial charge on any atom is 0.158 e. The lowest BCUT2D eigenvalue weighted by molar-refractivity contribution is -0.0225. The van der Waals surface area contributed by atoms with Crippen LogP contribution in [0.5, 0.6) is 5.75 Å². The Morgan fingerprint density at radius 1 is 0.968 bits per heavy atom. The summed E-state index contributed by atoms with van der Waals surface area (Å²) in [4.78, 5) is 6.74. The van der Waals surface area contributed by atoms with E-state index in [2.05, 4.69) is 66.4 Å². The first-order valence-corrected chi connectivity index (χ1v) is 10.8. The third-order valence-electron chi connectivity index (χ3n) is 6.84. The molecule has 5 heteroatoms. The SMILES string of the molecule is CC(C)(c1cc2ccc3cc[nH]c3c2o1)c1c[nH]c2c3c(ccc12)CC(C(C)(C)O)O3. The Morgan fingerprint density at radius 3 is 2.58 bits per heavy atom. The first-order valence-electron chi connectivity index (χ1n) is 10.8. The number of benzene rings is 2. The molecule has 5 nitrogen and oxygen atoms in total. The van der Waals surface area contributed by atoms with Crippen LogP contribution in [0.25, 0.3) is 32.8 Å². The van der Waals surface area contributed by atoms with Crippen molar-refractivity contribution in [2.24, 2.45) is 0 Å². The second-order valence-electron chi connectivity index (χ2n) is 9.80. The third kappa shape index (κ3) is 2.59. The molecule has 0 fully saturated rings. The summed E-state index contributed by atoms with van der Waals surface area (Å²) in [6.07, 6.45) is 4.47. The van der Waals surface area contributed by atoms with Crippen LogP contribution in [0.1, 0.15) is 44.6 Å². The van der Waals surface area contributed by atoms with Crippen LogP contribution in [0.15, 0.2) is 53.2 Å². The van der Waals surface area contributed by atoms with E-state index in [4.69, 9.17) is 9.15 Å². The van der Waals surface area contributed by atoms with E-state index in [9.17, 15) is 5.11 Å². The maximum atomic E-state index is 10.4. The van der Waals surface area contributed by atoms with Crippen molar-refractivity contribution in [1.82, 2.24) is 9.97 Å². The van der Waals surface area contributed by atoms with Gasteiger partial charge in [0.05, 0.1) is 16.6 Å². The summed E-state index contributed by atoms with van der Waals surface area (Å²) in [5.74, 6) is 1.77. The number of nitrogens with one attached hydrogen (secondary N) is 2. The van der Waals surface area contributed by atoms with Gasteiger partial charge in [0.25, 0.3) is 0 Å². The molecule has 4 heterocycles. The Hall–Kier alpha value is -3.18. The van der Waals surface area contributed by atoms with Crippen LogP contribution in [0.3, 0.4) is 0 Å². The van der Waals surface area contributed by atoms with Crippen LogP contribution in [0.4, 0.5) is 0 Å². The maximum absolute atomic E-state index is 10.4. The van der Waals surface area contributed by atoms with Gasteiger partial charge in [0.1, 0.15) is 17.6 Å². The largest absolute Gasteiger partial charge is 0.485 e. The fourth-order valence-corrected chi connectivity index (χ4v) is 4.87. The summed E-state index contributed by atoms with van der Waals surface area (Å²) in [5.41, 5.74) is 3.95. The van der Waals surface area contributed by atoms with Gasteiger partial charge in [-0.2, -0.15) is 0 Å². The molecule has 0 saturated carbocycles. The van der Waals surface area contributed by atoms with Crippen LogP contribution in [0.2, 0.25) is 0 Å². The molecule has 3 N–H and O–H groups in total. The number of aliphatic hydroxyl groups is 1. The highest BCUT2D eigenvalue weighted by atomic mass is 16.5. The minimum Gasteiger partial charge on any atom is -0.485 e. The fourth-order valence-electron chi connectivity index (χ4n) is 4.87. The van der Waals surface area contributed by atoms with Crippen LogP contribution in [-0.4, -0.2) is 26.8 Å². The van der Waals surface area contributed by atoms with Crippen LogP contribution in [-0.2, 0) is 11.8 Å². The normalized spacial score (nSPS) is 17.0. The topological polar surface area (TPSA) is 74.2 Å². The minimum atomic E-state index is -0.891. The van der Waals surface area contributed by atoms with E-state index in [-0.39, 0.29) is 11.5 Å². The lowest BCUT2D eigenvalue weighted by atomic mass is 9.82. The molecule has 0 amide bonds. The molecule has 5 aromatic rings. The molecule has 1 unspecified atom stereocenters. The minimum absolute atomic E-state index is 0.244. The Kier molecular flexibility index (Phi) is 3.57. The van der Waals surface area contributed by atoms with E-state index >= 15 is 0 Å². The van der Waals surface area contributed by atoms with Crippen molar-refractivity contribution < 1.29 is 14.3 Å². The molecular weight excluding hydrogens is 388 g/mol. The lowest BCUT2D eigenvalue weighted by Crippen LogP contribution is -2.39. The number of ether oxygens (including phenoxy) is 1. The number of hydrogen-bond acceptors (Lipinski definition) is 3. The summed E-state index contributed by atoms with van der Waals surface area (Å²) in [5, 5.41) is 13.8. The number of furan rings is 1. The third-order valence-corrected chi connectivity index (χ3v) is 6.84. The average molecular weight is 415 g/mol. The van der Waals surface area contributed by atoms with Crippen molar-refractivity contribution in [2.75, 3.05) is 0 Å². The number of fused-ring (bicyclic) bond motifs is 6. The number of aromatic amines is 2. The summed E-state index contributed by atoms with van der Waals surface area (Å²) in [6.45, 7) is 7.97. The predicted octanol–water partition coefficient (Wildman–Crippen LogP) is 5.80. The lowest BCUT2D eigenvalue weighted by Gasteiger charge is -2.24. The molecular formula is C26H26N2O3. The van der Waals surface area contributed by atoms with E-state index in [1.165, 1.54) is 0 Å². The molecule has 1 aliphatic rings. The molecule has 0 aliphatic carbocycles. The summed E-state index contributed by atoms with van der Waals surface area (Å²) < 4.78 is 12.6. The Labute approximate surface area is 180 Å². The quantitative estimate of drug-likeness (QED) is 0.349. The van der Waals surface area contributed by atoms with E-state index in [0.717, 1.165) is 55.4 Å². The van der Waals surface area contributed by atoms with Crippen molar-refractivity contribution in [3.8, 4) is 5.75 Å². The molecule has 1 atom stereocenters. The second-order valence-corrected chi connectivity index (χ2v) is 9.80. The molecule has 1 aliphatic heterocycles. The molecule has 0 bridgehead atoms. The van der Waals surface area contributed by atoms with Gasteiger partial charge in [-0.05, 0) is 45.4 Å². The standard InChI is InChI=1S/C26H26N2O3/c1-25(2,19-11-15-6-5-14-9-10-27-21(14)23(15)30-19)18-13-28-22-17(18)8-7-16-12-20(26(3,4)29)31-24(16)22/h5-11,13,20,27-29H,12H2,1-4H3. The van der Waals surface area contributed by atoms with Gasteiger partial charge in [-0.25, -0.2) is 0 Å². The first kappa shape index (κ1) is 18.6. The van der Waals surface area contributed by atoms with Crippen molar-refractivity contribution >= 4 is 32.8 Å². The van der Waals surface area contributed by atoms with Crippen LogP contribution < -0.4 is 4.74 Å². The number of H-pyrrole nitrogens is 2. The van der Waals surface area contributed by atoms with Gasteiger partial charge in [0.15, 0.2) is 5.58 Å². The summed E-state index contributed by atoms with van der Waals surface area (Å²) in [7, 11) is 0. The van der Waals surface area contributed by atoms with Gasteiger partial charge in [0.2, 0.25) is 0 Å². The van der Waals surface area contributed by atoms with Crippen molar-refractivity contribution in [3.63, 3.8) is 0 Å². The van der Waals surface area contributed by atoms with Crippen LogP contribution >= 0.6 is 0 Å². The number of hydrogen-bond donors (Lipinski definition) is 3. The van der Waals surface area contributed by atoms with Gasteiger partial charge in [-0.3, -0.25) is 0 Å². The Morgan fingerprint density at radius 2 is 1.77 bits per heavy atom. The number of aromatic nitrogens is 2. The predicted molar refractivity (Wildman–Crippen MR) is 123 cm³/mol. The van der Waals surface area contributed by atoms with Crippen molar-refractivity contribution in [1.29, 1.82) is 0 Å². The molecule has 158 valence electrons. The van der Waals surface area contributed by atoms with Crippen LogP contribution in [0, 0.1) is 0 Å². The molecule has 0 saturated heterocycles. The Balaban J connectivity index is 1.47. The molecule has 0 spiro atoms. The zero-order valence-corrected chi connectivity index (χ0v) is 18.2. The zero-order chi connectivity index (χ0) is 21.5. The summed E-state index contributed by atoms with van der Waals surface area (Å²) in [6, 6.07) is 12.7. The first-order chi connectivity index (χ1) is 14.7.